The smallest absolute Gasteiger partial charge is 0.341 e. The second-order valence-corrected chi connectivity index (χ2v) is 8.97. The van der Waals surface area contributed by atoms with Gasteiger partial charge in [0.1, 0.15) is 11.4 Å². The van der Waals surface area contributed by atoms with Crippen molar-refractivity contribution in [3.05, 3.63) is 46.1 Å². The number of hydrogen-bond donors (Lipinski definition) is 2. The predicted molar refractivity (Wildman–Crippen MR) is 109 cm³/mol. The Morgan fingerprint density at radius 2 is 2.17 bits per heavy atom. The van der Waals surface area contributed by atoms with Crippen molar-refractivity contribution < 1.29 is 23.2 Å². The molecule has 0 radical (unpaired) electrons. The molecule has 11 nitrogen and oxygen atoms in total. The van der Waals surface area contributed by atoms with E-state index in [-0.39, 0.29) is 24.0 Å². The number of carboxylic acid groups (broad SMARTS) is 1. The standard InChI is InChI=1S/C17H19N5O6S2/c1-29-17-18-10-12(16(23)24)15(20-17)21-8-4-5-11(21)9-19-30(27,28)14-7-3-2-6-13(14)22(25)26/h2-3,6-7,10-11,19H,4-5,8-9H2,1H3,(H,23,24)/t11-/m0/s1. The number of nitro groups is 1. The van der Waals surface area contributed by atoms with Crippen LogP contribution >= 0.6 is 11.8 Å². The fourth-order valence-corrected chi connectivity index (χ4v) is 4.85. The third-order valence-electron chi connectivity index (χ3n) is 4.67. The number of aromatic carboxylic acids is 1. The van der Waals surface area contributed by atoms with Gasteiger partial charge in [0.25, 0.3) is 5.69 Å². The average Bonchev–Trinajstić information content (AvgIpc) is 3.20. The van der Waals surface area contributed by atoms with Crippen LogP contribution in [0.25, 0.3) is 0 Å². The van der Waals surface area contributed by atoms with Crippen molar-refractivity contribution in [2.24, 2.45) is 0 Å². The number of thioether (sulfide) groups is 1. The number of nitrogens with zero attached hydrogens (tertiary/aromatic N) is 4. The quantitative estimate of drug-likeness (QED) is 0.261. The molecule has 1 saturated heterocycles. The van der Waals surface area contributed by atoms with Gasteiger partial charge in [-0.2, -0.15) is 0 Å². The van der Waals surface area contributed by atoms with Crippen LogP contribution in [-0.4, -0.2) is 59.8 Å². The summed E-state index contributed by atoms with van der Waals surface area (Å²) >= 11 is 1.27. The first-order chi connectivity index (χ1) is 14.2. The summed E-state index contributed by atoms with van der Waals surface area (Å²) in [5.41, 5.74) is -0.580. The van der Waals surface area contributed by atoms with Crippen molar-refractivity contribution in [3.8, 4) is 0 Å². The largest absolute Gasteiger partial charge is 0.477 e. The third kappa shape index (κ3) is 4.52. The molecule has 13 heteroatoms. The molecule has 0 saturated carbocycles. The molecule has 1 aromatic carbocycles. The molecule has 3 rings (SSSR count). The Morgan fingerprint density at radius 1 is 1.43 bits per heavy atom. The number of anilines is 1. The minimum absolute atomic E-state index is 0.0496. The first kappa shape index (κ1) is 21.9. The Balaban J connectivity index is 1.85. The average molecular weight is 454 g/mol. The monoisotopic (exact) mass is 453 g/mol. The SMILES string of the molecule is CSc1ncc(C(=O)O)c(N2CCC[C@H]2CNS(=O)(=O)c2ccccc2[N+](=O)[O-])n1. The molecule has 1 atom stereocenters. The summed E-state index contributed by atoms with van der Waals surface area (Å²) in [4.78, 5) is 31.6. The van der Waals surface area contributed by atoms with E-state index in [1.807, 2.05) is 0 Å². The first-order valence-corrected chi connectivity index (χ1v) is 11.6. The number of hydrogen-bond acceptors (Lipinski definition) is 9. The van der Waals surface area contributed by atoms with Gasteiger partial charge < -0.3 is 10.0 Å². The Bertz CT molecular complexity index is 1080. The Morgan fingerprint density at radius 3 is 2.83 bits per heavy atom. The van der Waals surface area contributed by atoms with E-state index in [1.54, 1.807) is 11.2 Å². The molecule has 1 fully saturated rings. The lowest BCUT2D eigenvalue weighted by molar-refractivity contribution is -0.387. The number of aromatic nitrogens is 2. The van der Waals surface area contributed by atoms with E-state index < -0.39 is 31.5 Å². The van der Waals surface area contributed by atoms with Gasteiger partial charge in [0.15, 0.2) is 10.1 Å². The molecule has 0 spiro atoms. The van der Waals surface area contributed by atoms with Crippen molar-refractivity contribution in [2.75, 3.05) is 24.2 Å². The Hall–Kier alpha value is -2.77. The van der Waals surface area contributed by atoms with Gasteiger partial charge in [0.05, 0.1) is 4.92 Å². The van der Waals surface area contributed by atoms with E-state index >= 15 is 0 Å². The van der Waals surface area contributed by atoms with Crippen LogP contribution in [0.3, 0.4) is 0 Å². The second-order valence-electron chi connectivity index (χ2n) is 6.47. The fraction of sp³-hybridized carbons (Fsp3) is 0.353. The molecule has 30 heavy (non-hydrogen) atoms. The number of carboxylic acids is 1. The highest BCUT2D eigenvalue weighted by molar-refractivity contribution is 7.98. The third-order valence-corrected chi connectivity index (χ3v) is 6.70. The highest BCUT2D eigenvalue weighted by atomic mass is 32.2. The van der Waals surface area contributed by atoms with Gasteiger partial charge in [-0.05, 0) is 25.2 Å². The highest BCUT2D eigenvalue weighted by Crippen LogP contribution is 2.29. The van der Waals surface area contributed by atoms with E-state index in [0.717, 1.165) is 12.5 Å². The van der Waals surface area contributed by atoms with E-state index in [1.165, 1.54) is 36.2 Å². The van der Waals surface area contributed by atoms with Gasteiger partial charge in [0, 0.05) is 31.4 Å². The Kier molecular flexibility index (Phi) is 6.53. The molecule has 160 valence electrons. The molecular formula is C17H19N5O6S2. The summed E-state index contributed by atoms with van der Waals surface area (Å²) < 4.78 is 27.8. The normalized spacial score (nSPS) is 16.6. The maximum Gasteiger partial charge on any atom is 0.341 e. The number of benzene rings is 1. The lowest BCUT2D eigenvalue weighted by Crippen LogP contribution is -2.41. The van der Waals surface area contributed by atoms with Gasteiger partial charge >= 0.3 is 5.97 Å². The maximum atomic E-state index is 12.7. The van der Waals surface area contributed by atoms with Gasteiger partial charge in [-0.1, -0.05) is 23.9 Å². The molecular weight excluding hydrogens is 434 g/mol. The lowest BCUT2D eigenvalue weighted by Gasteiger charge is -2.27. The summed E-state index contributed by atoms with van der Waals surface area (Å²) in [5.74, 6) is -0.946. The van der Waals surface area contributed by atoms with Crippen molar-refractivity contribution >= 4 is 39.3 Å². The zero-order chi connectivity index (χ0) is 21.9. The van der Waals surface area contributed by atoms with Crippen LogP contribution in [0.5, 0.6) is 0 Å². The molecule has 0 bridgehead atoms. The molecule has 1 aliphatic heterocycles. The van der Waals surface area contributed by atoms with Gasteiger partial charge in [0.2, 0.25) is 10.0 Å². The Labute approximate surface area is 176 Å². The van der Waals surface area contributed by atoms with Crippen LogP contribution in [-0.2, 0) is 10.0 Å². The topological polar surface area (TPSA) is 156 Å². The summed E-state index contributed by atoms with van der Waals surface area (Å²) in [5, 5.41) is 21.0. The number of carbonyl (C=O) groups is 1. The molecule has 1 aromatic heterocycles. The van der Waals surface area contributed by atoms with Crippen LogP contribution in [0.1, 0.15) is 23.2 Å². The minimum atomic E-state index is -4.14. The number of para-hydroxylation sites is 1. The molecule has 0 aliphatic carbocycles. The molecule has 0 unspecified atom stereocenters. The molecule has 1 aliphatic rings. The number of rotatable bonds is 8. The van der Waals surface area contributed by atoms with Crippen molar-refractivity contribution in [1.29, 1.82) is 0 Å². The second kappa shape index (κ2) is 8.93. The summed E-state index contributed by atoms with van der Waals surface area (Å²) in [6.07, 6.45) is 4.33. The minimum Gasteiger partial charge on any atom is -0.477 e. The van der Waals surface area contributed by atoms with Crippen LogP contribution in [0.2, 0.25) is 0 Å². The van der Waals surface area contributed by atoms with Gasteiger partial charge in [-0.15, -0.1) is 0 Å². The van der Waals surface area contributed by atoms with Crippen molar-refractivity contribution in [3.63, 3.8) is 0 Å². The fourth-order valence-electron chi connectivity index (χ4n) is 3.27. The van der Waals surface area contributed by atoms with Gasteiger partial charge in [-0.25, -0.2) is 27.9 Å². The van der Waals surface area contributed by atoms with Crippen molar-refractivity contribution in [1.82, 2.24) is 14.7 Å². The van der Waals surface area contributed by atoms with Crippen LogP contribution in [0.15, 0.2) is 40.5 Å². The summed E-state index contributed by atoms with van der Waals surface area (Å²) in [6, 6.07) is 4.74. The van der Waals surface area contributed by atoms with Gasteiger partial charge in [-0.3, -0.25) is 10.1 Å². The van der Waals surface area contributed by atoms with Crippen LogP contribution in [0, 0.1) is 10.1 Å². The predicted octanol–water partition coefficient (Wildman–Crippen LogP) is 1.75. The van der Waals surface area contributed by atoms with E-state index in [4.69, 9.17) is 0 Å². The van der Waals surface area contributed by atoms with Crippen molar-refractivity contribution in [2.45, 2.75) is 28.9 Å². The van der Waals surface area contributed by atoms with E-state index in [0.29, 0.717) is 18.1 Å². The zero-order valence-electron chi connectivity index (χ0n) is 15.9. The van der Waals surface area contributed by atoms with Crippen LogP contribution < -0.4 is 9.62 Å². The maximum absolute atomic E-state index is 12.7. The molecule has 2 aromatic rings. The first-order valence-electron chi connectivity index (χ1n) is 8.88. The zero-order valence-corrected chi connectivity index (χ0v) is 17.5. The molecule has 0 amide bonds. The van der Waals surface area contributed by atoms with Crippen LogP contribution in [0.4, 0.5) is 11.5 Å². The summed E-state index contributed by atoms with van der Waals surface area (Å²) in [6.45, 7) is 0.453. The molecule has 2 N–H and O–H groups in total. The summed E-state index contributed by atoms with van der Waals surface area (Å²) in [7, 11) is -4.14. The number of nitrogens with one attached hydrogen (secondary N) is 1. The van der Waals surface area contributed by atoms with E-state index in [2.05, 4.69) is 14.7 Å². The number of sulfonamides is 1. The lowest BCUT2D eigenvalue weighted by atomic mass is 10.2. The molecule has 2 heterocycles. The number of nitro benzene ring substituents is 1. The van der Waals surface area contributed by atoms with E-state index in [9.17, 15) is 28.4 Å². The highest BCUT2D eigenvalue weighted by Gasteiger charge is 2.32.